The van der Waals surface area contributed by atoms with Crippen molar-refractivity contribution in [3.05, 3.63) is 29.3 Å². The summed E-state index contributed by atoms with van der Waals surface area (Å²) in [6, 6.07) is 2.13. The molecule has 2 nitrogen and oxygen atoms in total. The van der Waals surface area contributed by atoms with E-state index in [4.69, 9.17) is 4.74 Å². The molecular formula is C11H13F2NO. The normalized spacial score (nSPS) is 16.2. The molecule has 4 heteroatoms. The largest absolute Gasteiger partial charge is 0.496 e. The molecular weight excluding hydrogens is 200 g/mol. The molecule has 1 fully saturated rings. The van der Waals surface area contributed by atoms with Gasteiger partial charge in [-0.3, -0.25) is 0 Å². The summed E-state index contributed by atoms with van der Waals surface area (Å²) in [5.41, 5.74) is 0.477. The van der Waals surface area contributed by atoms with E-state index in [0.717, 1.165) is 19.2 Å². The minimum Gasteiger partial charge on any atom is -0.496 e. The van der Waals surface area contributed by atoms with Crippen LogP contribution in [0.25, 0.3) is 0 Å². The topological polar surface area (TPSA) is 21.3 Å². The second-order valence-corrected chi connectivity index (χ2v) is 3.80. The number of ether oxygens (including phenoxy) is 1. The molecule has 1 aliphatic heterocycles. The number of hydrogen-bond acceptors (Lipinski definition) is 2. The number of rotatable bonds is 3. The predicted octanol–water partition coefficient (Wildman–Crippen LogP) is 1.74. The summed E-state index contributed by atoms with van der Waals surface area (Å²) in [5, 5.41) is 3.11. The van der Waals surface area contributed by atoms with Crippen molar-refractivity contribution in [2.45, 2.75) is 6.42 Å². The van der Waals surface area contributed by atoms with Crippen molar-refractivity contribution in [2.24, 2.45) is 5.92 Å². The van der Waals surface area contributed by atoms with E-state index in [-0.39, 0.29) is 0 Å². The fourth-order valence-electron chi connectivity index (χ4n) is 1.74. The molecule has 0 unspecified atom stereocenters. The molecule has 0 atom stereocenters. The van der Waals surface area contributed by atoms with Crippen LogP contribution in [0, 0.1) is 17.6 Å². The first kappa shape index (κ1) is 10.4. The fraction of sp³-hybridized carbons (Fsp3) is 0.455. The monoisotopic (exact) mass is 213 g/mol. The van der Waals surface area contributed by atoms with Crippen molar-refractivity contribution in [2.75, 3.05) is 20.2 Å². The van der Waals surface area contributed by atoms with Gasteiger partial charge < -0.3 is 10.1 Å². The lowest BCUT2D eigenvalue weighted by Gasteiger charge is -2.27. The maximum Gasteiger partial charge on any atom is 0.133 e. The van der Waals surface area contributed by atoms with E-state index in [0.29, 0.717) is 23.7 Å². The Kier molecular flexibility index (Phi) is 2.86. The van der Waals surface area contributed by atoms with Crippen LogP contribution >= 0.6 is 0 Å². The maximum absolute atomic E-state index is 13.5. The molecule has 15 heavy (non-hydrogen) atoms. The summed E-state index contributed by atoms with van der Waals surface area (Å²) in [6.45, 7) is 1.78. The Morgan fingerprint density at radius 3 is 2.67 bits per heavy atom. The van der Waals surface area contributed by atoms with Crippen LogP contribution in [-0.4, -0.2) is 20.2 Å². The standard InChI is InChI=1S/C11H13F2NO/c1-15-11-4-8(12)3-10(13)9(11)2-7-5-14-6-7/h3-4,7,14H,2,5-6H2,1H3. The minimum atomic E-state index is -0.597. The number of hydrogen-bond donors (Lipinski definition) is 1. The summed E-state index contributed by atoms with van der Waals surface area (Å²) in [7, 11) is 1.43. The molecule has 0 aliphatic carbocycles. The Labute approximate surface area is 87.2 Å². The van der Waals surface area contributed by atoms with Gasteiger partial charge in [-0.15, -0.1) is 0 Å². The maximum atomic E-state index is 13.5. The van der Waals surface area contributed by atoms with Crippen molar-refractivity contribution in [1.82, 2.24) is 5.32 Å². The van der Waals surface area contributed by atoms with Crippen molar-refractivity contribution in [1.29, 1.82) is 0 Å². The number of halogens is 2. The van der Waals surface area contributed by atoms with Crippen molar-refractivity contribution >= 4 is 0 Å². The van der Waals surface area contributed by atoms with Gasteiger partial charge in [0.2, 0.25) is 0 Å². The van der Waals surface area contributed by atoms with Crippen molar-refractivity contribution in [3.8, 4) is 5.75 Å². The van der Waals surface area contributed by atoms with E-state index < -0.39 is 11.6 Å². The van der Waals surface area contributed by atoms with Gasteiger partial charge in [0.1, 0.15) is 17.4 Å². The highest BCUT2D eigenvalue weighted by molar-refractivity contribution is 5.36. The average Bonchev–Trinajstić information content (AvgIpc) is 2.12. The first-order chi connectivity index (χ1) is 7.20. The molecule has 0 amide bonds. The quantitative estimate of drug-likeness (QED) is 0.825. The highest BCUT2D eigenvalue weighted by Gasteiger charge is 2.21. The third-order valence-corrected chi connectivity index (χ3v) is 2.70. The molecule has 2 rings (SSSR count). The second-order valence-electron chi connectivity index (χ2n) is 3.80. The number of benzene rings is 1. The molecule has 1 aromatic rings. The van der Waals surface area contributed by atoms with Gasteiger partial charge in [-0.1, -0.05) is 0 Å². The lowest BCUT2D eigenvalue weighted by Crippen LogP contribution is -2.43. The average molecular weight is 213 g/mol. The summed E-state index contributed by atoms with van der Waals surface area (Å²) >= 11 is 0. The van der Waals surface area contributed by atoms with Crippen LogP contribution in [0.2, 0.25) is 0 Å². The van der Waals surface area contributed by atoms with Gasteiger partial charge in [0.15, 0.2) is 0 Å². The molecule has 1 saturated heterocycles. The van der Waals surface area contributed by atoms with Crippen LogP contribution in [0.4, 0.5) is 8.78 Å². The molecule has 82 valence electrons. The predicted molar refractivity (Wildman–Crippen MR) is 53.0 cm³/mol. The van der Waals surface area contributed by atoms with Crippen LogP contribution in [0.3, 0.4) is 0 Å². The molecule has 0 bridgehead atoms. The van der Waals surface area contributed by atoms with Crippen molar-refractivity contribution in [3.63, 3.8) is 0 Å². The van der Waals surface area contributed by atoms with Gasteiger partial charge in [0.25, 0.3) is 0 Å². The SMILES string of the molecule is COc1cc(F)cc(F)c1CC1CNC1. The zero-order valence-electron chi connectivity index (χ0n) is 8.52. The highest BCUT2D eigenvalue weighted by atomic mass is 19.1. The molecule has 1 N–H and O–H groups in total. The lowest BCUT2D eigenvalue weighted by molar-refractivity contribution is 0.332. The zero-order chi connectivity index (χ0) is 10.8. The first-order valence-corrected chi connectivity index (χ1v) is 4.93. The van der Waals surface area contributed by atoms with Crippen LogP contribution in [0.5, 0.6) is 5.75 Å². The smallest absolute Gasteiger partial charge is 0.133 e. The summed E-state index contributed by atoms with van der Waals surface area (Å²) < 4.78 is 31.4. The van der Waals surface area contributed by atoms with Gasteiger partial charge in [0, 0.05) is 17.7 Å². The van der Waals surface area contributed by atoms with Crippen LogP contribution < -0.4 is 10.1 Å². The molecule has 0 radical (unpaired) electrons. The van der Waals surface area contributed by atoms with Gasteiger partial charge in [-0.05, 0) is 25.4 Å². The van der Waals surface area contributed by atoms with E-state index in [2.05, 4.69) is 5.32 Å². The Morgan fingerprint density at radius 1 is 1.40 bits per heavy atom. The minimum absolute atomic E-state index is 0.305. The number of nitrogens with one attached hydrogen (secondary N) is 1. The third-order valence-electron chi connectivity index (χ3n) is 2.70. The lowest BCUT2D eigenvalue weighted by atomic mass is 9.93. The Bertz CT molecular complexity index is 364. The van der Waals surface area contributed by atoms with Crippen LogP contribution in [-0.2, 0) is 6.42 Å². The van der Waals surface area contributed by atoms with E-state index in [1.807, 2.05) is 0 Å². The summed E-state index contributed by atoms with van der Waals surface area (Å²) in [5.74, 6) is -0.378. The second kappa shape index (κ2) is 4.14. The Hall–Kier alpha value is -1.16. The summed E-state index contributed by atoms with van der Waals surface area (Å²) in [6.07, 6.45) is 0.599. The molecule has 1 aromatic carbocycles. The van der Waals surface area contributed by atoms with Gasteiger partial charge in [-0.25, -0.2) is 8.78 Å². The molecule has 1 heterocycles. The van der Waals surface area contributed by atoms with E-state index in [1.165, 1.54) is 13.2 Å². The van der Waals surface area contributed by atoms with Gasteiger partial charge >= 0.3 is 0 Å². The van der Waals surface area contributed by atoms with E-state index in [9.17, 15) is 8.78 Å². The third kappa shape index (κ3) is 2.09. The van der Waals surface area contributed by atoms with Crippen LogP contribution in [0.15, 0.2) is 12.1 Å². The van der Waals surface area contributed by atoms with E-state index >= 15 is 0 Å². The number of methoxy groups -OCH3 is 1. The Morgan fingerprint density at radius 2 is 2.13 bits per heavy atom. The molecule has 1 aliphatic rings. The van der Waals surface area contributed by atoms with E-state index in [1.54, 1.807) is 0 Å². The fourth-order valence-corrected chi connectivity index (χ4v) is 1.74. The summed E-state index contributed by atoms with van der Waals surface area (Å²) in [4.78, 5) is 0. The van der Waals surface area contributed by atoms with Gasteiger partial charge in [0.05, 0.1) is 7.11 Å². The first-order valence-electron chi connectivity index (χ1n) is 4.93. The van der Waals surface area contributed by atoms with Crippen LogP contribution in [0.1, 0.15) is 5.56 Å². The van der Waals surface area contributed by atoms with Crippen molar-refractivity contribution < 1.29 is 13.5 Å². The van der Waals surface area contributed by atoms with Gasteiger partial charge in [-0.2, -0.15) is 0 Å². The highest BCUT2D eigenvalue weighted by Crippen LogP contribution is 2.26. The molecule has 0 aromatic heterocycles. The zero-order valence-corrected chi connectivity index (χ0v) is 8.52. The molecule has 0 spiro atoms. The Balaban J connectivity index is 2.26. The molecule has 0 saturated carbocycles.